The van der Waals surface area contributed by atoms with Crippen molar-refractivity contribution in [3.8, 4) is 0 Å². The van der Waals surface area contributed by atoms with Crippen molar-refractivity contribution in [2.75, 3.05) is 0 Å². The predicted molar refractivity (Wildman–Crippen MR) is 80.5 cm³/mol. The first-order chi connectivity index (χ1) is 10.2. The Balaban J connectivity index is 1.82. The van der Waals surface area contributed by atoms with Gasteiger partial charge in [-0.2, -0.15) is 0 Å². The summed E-state index contributed by atoms with van der Waals surface area (Å²) < 4.78 is 4.81. The van der Waals surface area contributed by atoms with Gasteiger partial charge in [-0.05, 0) is 12.1 Å². The van der Waals surface area contributed by atoms with Gasteiger partial charge in [0.15, 0.2) is 5.84 Å². The van der Waals surface area contributed by atoms with E-state index in [2.05, 4.69) is 9.98 Å². The molecule has 2 atom stereocenters. The van der Waals surface area contributed by atoms with E-state index < -0.39 is 12.4 Å². The van der Waals surface area contributed by atoms with Crippen molar-refractivity contribution in [3.63, 3.8) is 0 Å². The maximum absolute atomic E-state index is 10.7. The molecule has 21 heavy (non-hydrogen) atoms. The molecule has 1 aromatic carbocycles. The zero-order valence-electron chi connectivity index (χ0n) is 11.0. The quantitative estimate of drug-likeness (QED) is 0.869. The second-order valence-electron chi connectivity index (χ2n) is 4.43. The van der Waals surface area contributed by atoms with Crippen molar-refractivity contribution in [2.24, 2.45) is 9.98 Å². The van der Waals surface area contributed by atoms with Crippen LogP contribution in [0, 0.1) is 0 Å². The minimum atomic E-state index is -1.32. The Morgan fingerprint density at radius 3 is 2.95 bits per heavy atom. The fourth-order valence-corrected chi connectivity index (χ4v) is 3.33. The van der Waals surface area contributed by atoms with Gasteiger partial charge in [0.25, 0.3) is 0 Å². The van der Waals surface area contributed by atoms with E-state index in [4.69, 9.17) is 9.84 Å². The smallest absolute Gasteiger partial charge is 0.450 e. The van der Waals surface area contributed by atoms with Crippen LogP contribution in [-0.2, 0) is 4.74 Å². The zero-order valence-corrected chi connectivity index (χ0v) is 11.8. The first-order valence-corrected chi connectivity index (χ1v) is 7.27. The lowest BCUT2D eigenvalue weighted by Crippen LogP contribution is -2.43. The van der Waals surface area contributed by atoms with E-state index >= 15 is 0 Å². The Labute approximate surface area is 125 Å². The summed E-state index contributed by atoms with van der Waals surface area (Å²) in [6.45, 7) is 0. The number of nitrogens with zero attached hydrogens (tertiary/aromatic N) is 3. The molecule has 108 valence electrons. The summed E-state index contributed by atoms with van der Waals surface area (Å²) in [6.07, 6.45) is 3.60. The second-order valence-corrected chi connectivity index (χ2v) is 5.68. The number of amidine groups is 1. The van der Waals surface area contributed by atoms with E-state index in [-0.39, 0.29) is 5.37 Å². The van der Waals surface area contributed by atoms with Gasteiger partial charge >= 0.3 is 6.16 Å². The number of rotatable bonds is 3. The molecule has 0 saturated carbocycles. The molecule has 0 aromatic heterocycles. The molecule has 1 aromatic rings. The van der Waals surface area contributed by atoms with Crippen molar-refractivity contribution < 1.29 is 14.6 Å². The molecule has 2 aliphatic heterocycles. The highest BCUT2D eigenvalue weighted by Crippen LogP contribution is 2.33. The molecule has 0 bridgehead atoms. The molecule has 2 unspecified atom stereocenters. The number of fused-ring (bicyclic) bond motifs is 1. The lowest BCUT2D eigenvalue weighted by atomic mass is 10.2. The number of hydrogen-bond acceptors (Lipinski definition) is 6. The second kappa shape index (κ2) is 6.01. The lowest BCUT2D eigenvalue weighted by Gasteiger charge is -2.36. The van der Waals surface area contributed by atoms with Gasteiger partial charge in [-0.15, -0.1) is 11.8 Å². The first kappa shape index (κ1) is 13.7. The normalized spacial score (nSPS) is 23.4. The molecular weight excluding hydrogens is 290 g/mol. The minimum absolute atomic E-state index is 0.00671. The van der Waals surface area contributed by atoms with Gasteiger partial charge < -0.3 is 14.7 Å². The Morgan fingerprint density at radius 1 is 1.38 bits per heavy atom. The van der Waals surface area contributed by atoms with Gasteiger partial charge in [0, 0.05) is 23.7 Å². The topological polar surface area (TPSA) is 74.5 Å². The number of ether oxygens (including phenoxy) is 1. The average Bonchev–Trinajstić information content (AvgIpc) is 2.47. The fourth-order valence-electron chi connectivity index (χ4n) is 2.14. The van der Waals surface area contributed by atoms with Crippen molar-refractivity contribution in [3.05, 3.63) is 42.7 Å². The molecule has 2 aliphatic rings. The summed E-state index contributed by atoms with van der Waals surface area (Å²) in [5.74, 6) is 0.614. The number of carbonyl (C=O) groups is 1. The van der Waals surface area contributed by atoms with Crippen LogP contribution in [-0.4, -0.2) is 39.8 Å². The summed E-state index contributed by atoms with van der Waals surface area (Å²) in [5, 5.41) is 8.78. The highest BCUT2D eigenvalue weighted by Gasteiger charge is 2.32. The SMILES string of the molecule is O=C(O)OC1CC(Sc2ccccc2)N2C=CN=CC2=N1. The fraction of sp³-hybridized carbons (Fsp3) is 0.214. The molecule has 0 fully saturated rings. The lowest BCUT2D eigenvalue weighted by molar-refractivity contribution is 0.0453. The van der Waals surface area contributed by atoms with Gasteiger partial charge in [0.1, 0.15) is 0 Å². The summed E-state index contributed by atoms with van der Waals surface area (Å²) in [5.41, 5.74) is 0. The van der Waals surface area contributed by atoms with Crippen LogP contribution in [0.5, 0.6) is 0 Å². The summed E-state index contributed by atoms with van der Waals surface area (Å²) in [4.78, 5) is 22.1. The molecule has 2 heterocycles. The number of thioether (sulfide) groups is 1. The molecular formula is C14H13N3O3S. The third kappa shape index (κ3) is 3.25. The van der Waals surface area contributed by atoms with Crippen LogP contribution < -0.4 is 0 Å². The van der Waals surface area contributed by atoms with Crippen LogP contribution in [0.1, 0.15) is 6.42 Å². The van der Waals surface area contributed by atoms with E-state index in [0.29, 0.717) is 12.3 Å². The number of carboxylic acid groups (broad SMARTS) is 1. The molecule has 0 radical (unpaired) electrons. The molecule has 7 heteroatoms. The molecule has 6 nitrogen and oxygen atoms in total. The highest BCUT2D eigenvalue weighted by molar-refractivity contribution is 8.00. The van der Waals surface area contributed by atoms with Crippen molar-refractivity contribution in [1.82, 2.24) is 4.90 Å². The minimum Gasteiger partial charge on any atom is -0.450 e. The van der Waals surface area contributed by atoms with Gasteiger partial charge in [0.05, 0.1) is 11.6 Å². The Kier molecular flexibility index (Phi) is 3.92. The van der Waals surface area contributed by atoms with Crippen molar-refractivity contribution >= 4 is 30.0 Å². The van der Waals surface area contributed by atoms with Crippen LogP contribution >= 0.6 is 11.8 Å². The van der Waals surface area contributed by atoms with Crippen LogP contribution in [0.4, 0.5) is 4.79 Å². The van der Waals surface area contributed by atoms with Crippen LogP contribution in [0.2, 0.25) is 0 Å². The van der Waals surface area contributed by atoms with E-state index in [1.165, 1.54) is 0 Å². The van der Waals surface area contributed by atoms with Crippen molar-refractivity contribution in [1.29, 1.82) is 0 Å². The molecule has 3 rings (SSSR count). The highest BCUT2D eigenvalue weighted by atomic mass is 32.2. The molecule has 0 amide bonds. The van der Waals surface area contributed by atoms with E-state index in [1.54, 1.807) is 24.2 Å². The van der Waals surface area contributed by atoms with Gasteiger partial charge in [0.2, 0.25) is 6.23 Å². The number of hydrogen-bond donors (Lipinski definition) is 1. The maximum Gasteiger partial charge on any atom is 0.507 e. The van der Waals surface area contributed by atoms with Crippen LogP contribution in [0.25, 0.3) is 0 Å². The summed E-state index contributed by atoms with van der Waals surface area (Å²) >= 11 is 1.64. The van der Waals surface area contributed by atoms with E-state index in [0.717, 1.165) is 4.90 Å². The summed E-state index contributed by atoms with van der Waals surface area (Å²) in [6, 6.07) is 9.94. The van der Waals surface area contributed by atoms with Gasteiger partial charge in [-0.25, -0.2) is 9.79 Å². The summed E-state index contributed by atoms with van der Waals surface area (Å²) in [7, 11) is 0. The zero-order chi connectivity index (χ0) is 14.7. The van der Waals surface area contributed by atoms with Crippen molar-refractivity contribution in [2.45, 2.75) is 22.9 Å². The monoisotopic (exact) mass is 303 g/mol. The van der Waals surface area contributed by atoms with Gasteiger partial charge in [-0.3, -0.25) is 4.99 Å². The van der Waals surface area contributed by atoms with E-state index in [1.807, 2.05) is 41.4 Å². The van der Waals surface area contributed by atoms with Crippen LogP contribution in [0.3, 0.4) is 0 Å². The van der Waals surface area contributed by atoms with Gasteiger partial charge in [-0.1, -0.05) is 18.2 Å². The molecule has 0 spiro atoms. The third-order valence-electron chi connectivity index (χ3n) is 3.01. The predicted octanol–water partition coefficient (Wildman–Crippen LogP) is 2.79. The average molecular weight is 303 g/mol. The Bertz CT molecular complexity index is 615. The Hall–Kier alpha value is -2.28. The number of aliphatic imine (C=N–C) groups is 2. The first-order valence-electron chi connectivity index (χ1n) is 6.39. The molecule has 0 saturated heterocycles. The van der Waals surface area contributed by atoms with E-state index in [9.17, 15) is 4.79 Å². The molecule has 0 aliphatic carbocycles. The molecule has 1 N–H and O–H groups in total. The largest absolute Gasteiger partial charge is 0.507 e. The maximum atomic E-state index is 10.7. The third-order valence-corrected chi connectivity index (χ3v) is 4.25. The Morgan fingerprint density at radius 2 is 2.19 bits per heavy atom. The standard InChI is InChI=1S/C14H13N3O3S/c18-14(19)20-12-8-13(21-10-4-2-1-3-5-10)17-7-6-15-9-11(17)16-12/h1-7,9,12-13H,8H2,(H,18,19). The number of benzene rings is 1. The van der Waals surface area contributed by atoms with Crippen LogP contribution in [0.15, 0.2) is 57.6 Å².